The molecule has 30 heavy (non-hydrogen) atoms. The number of carbonyl (C=O) groups excluding carboxylic acids is 1. The first kappa shape index (κ1) is 20.5. The van der Waals surface area contributed by atoms with Gasteiger partial charge in [-0.1, -0.05) is 30.3 Å². The monoisotopic (exact) mass is 403 g/mol. The summed E-state index contributed by atoms with van der Waals surface area (Å²) < 4.78 is 0. The number of piperazine rings is 1. The van der Waals surface area contributed by atoms with Gasteiger partial charge in [-0.3, -0.25) is 14.6 Å². The molecule has 1 amide bonds. The zero-order valence-electron chi connectivity index (χ0n) is 17.4. The molecule has 2 aromatic rings. The Labute approximate surface area is 178 Å². The molecule has 1 aliphatic carbocycles. The molecule has 1 aromatic carbocycles. The Morgan fingerprint density at radius 2 is 1.87 bits per heavy atom. The van der Waals surface area contributed by atoms with Crippen LogP contribution in [0.5, 0.6) is 0 Å². The van der Waals surface area contributed by atoms with Crippen LogP contribution in [0.1, 0.15) is 43.2 Å². The highest BCUT2D eigenvalue weighted by molar-refractivity contribution is 5.90. The summed E-state index contributed by atoms with van der Waals surface area (Å²) in [6.45, 7) is 5.46. The Bertz CT molecular complexity index is 895. The third kappa shape index (κ3) is 5.05. The van der Waals surface area contributed by atoms with Crippen molar-refractivity contribution >= 4 is 11.7 Å². The Hall–Kier alpha value is -2.75. The lowest BCUT2D eigenvalue weighted by atomic mass is 10.0. The second-order valence-corrected chi connectivity index (χ2v) is 8.39. The number of pyridine rings is 1. The van der Waals surface area contributed by atoms with E-state index in [2.05, 4.69) is 56.5 Å². The average Bonchev–Trinajstić information content (AvgIpc) is 3.56. The number of anilines is 1. The fraction of sp³-hybridized carbons (Fsp3) is 0.458. The molecule has 1 saturated heterocycles. The van der Waals surface area contributed by atoms with Crippen molar-refractivity contribution < 1.29 is 4.79 Å². The predicted octanol–water partition coefficient (Wildman–Crippen LogP) is 3.41. The van der Waals surface area contributed by atoms with Gasteiger partial charge < -0.3 is 5.32 Å². The standard InChI is InChI=1S/C24H29N5O/c25-18-21-8-5-13-26-23(21)27-22(30)9-4-10-24(11-12-24)29-16-14-28(15-17-29)19-20-6-2-1-3-7-20/h1-3,5-8,13H,4,9-12,14-17,19H2,(H,26,27,30). The first-order valence-corrected chi connectivity index (χ1v) is 10.8. The molecule has 1 saturated carbocycles. The summed E-state index contributed by atoms with van der Waals surface area (Å²) in [6, 6.07) is 16.1. The predicted molar refractivity (Wildman–Crippen MR) is 117 cm³/mol. The number of nitrogens with one attached hydrogen (secondary N) is 1. The summed E-state index contributed by atoms with van der Waals surface area (Å²) in [4.78, 5) is 21.6. The minimum atomic E-state index is -0.0614. The van der Waals surface area contributed by atoms with Gasteiger partial charge in [0.15, 0.2) is 0 Å². The summed E-state index contributed by atoms with van der Waals surface area (Å²) in [7, 11) is 0. The minimum absolute atomic E-state index is 0.0614. The zero-order valence-corrected chi connectivity index (χ0v) is 17.4. The summed E-state index contributed by atoms with van der Waals surface area (Å²) in [6.07, 6.45) is 6.47. The summed E-state index contributed by atoms with van der Waals surface area (Å²) >= 11 is 0. The molecule has 0 bridgehead atoms. The highest BCUT2D eigenvalue weighted by Crippen LogP contribution is 2.46. The topological polar surface area (TPSA) is 72.3 Å². The van der Waals surface area contributed by atoms with Crippen LogP contribution >= 0.6 is 0 Å². The van der Waals surface area contributed by atoms with Gasteiger partial charge in [0.25, 0.3) is 0 Å². The molecule has 4 rings (SSSR count). The molecule has 1 N–H and O–H groups in total. The van der Waals surface area contributed by atoms with Crippen molar-refractivity contribution in [3.8, 4) is 6.07 Å². The second-order valence-electron chi connectivity index (χ2n) is 8.39. The molecule has 1 aliphatic heterocycles. The van der Waals surface area contributed by atoms with E-state index in [1.54, 1.807) is 18.3 Å². The van der Waals surface area contributed by atoms with Crippen LogP contribution < -0.4 is 5.32 Å². The maximum absolute atomic E-state index is 12.3. The van der Waals surface area contributed by atoms with Crippen molar-refractivity contribution in [2.24, 2.45) is 0 Å². The van der Waals surface area contributed by atoms with Crippen molar-refractivity contribution in [3.63, 3.8) is 0 Å². The molecule has 1 aromatic heterocycles. The van der Waals surface area contributed by atoms with Crippen LogP contribution in [0.4, 0.5) is 5.82 Å². The first-order valence-electron chi connectivity index (χ1n) is 10.8. The molecular weight excluding hydrogens is 374 g/mol. The van der Waals surface area contributed by atoms with Crippen LogP contribution in [-0.2, 0) is 11.3 Å². The summed E-state index contributed by atoms with van der Waals surface area (Å²) in [5.41, 5.74) is 2.09. The van der Waals surface area contributed by atoms with E-state index in [9.17, 15) is 4.79 Å². The lowest BCUT2D eigenvalue weighted by molar-refractivity contribution is -0.116. The molecule has 2 aliphatic rings. The molecule has 2 heterocycles. The smallest absolute Gasteiger partial charge is 0.225 e. The van der Waals surface area contributed by atoms with Gasteiger partial charge in [-0.15, -0.1) is 0 Å². The number of hydrogen-bond donors (Lipinski definition) is 1. The molecule has 0 radical (unpaired) electrons. The largest absolute Gasteiger partial charge is 0.310 e. The fourth-order valence-corrected chi connectivity index (χ4v) is 4.46. The van der Waals surface area contributed by atoms with Gasteiger partial charge in [0.05, 0.1) is 5.56 Å². The Kier molecular flexibility index (Phi) is 6.41. The van der Waals surface area contributed by atoms with Crippen molar-refractivity contribution in [2.75, 3.05) is 31.5 Å². The molecule has 0 spiro atoms. The van der Waals surface area contributed by atoms with E-state index >= 15 is 0 Å². The number of nitriles is 1. The van der Waals surface area contributed by atoms with E-state index in [1.165, 1.54) is 18.4 Å². The van der Waals surface area contributed by atoms with Crippen LogP contribution in [0.3, 0.4) is 0 Å². The van der Waals surface area contributed by atoms with Crippen LogP contribution in [0.2, 0.25) is 0 Å². The van der Waals surface area contributed by atoms with Gasteiger partial charge in [0, 0.05) is 50.9 Å². The van der Waals surface area contributed by atoms with Gasteiger partial charge in [-0.05, 0) is 43.4 Å². The van der Waals surface area contributed by atoms with Crippen LogP contribution in [0, 0.1) is 11.3 Å². The average molecular weight is 404 g/mol. The van der Waals surface area contributed by atoms with Crippen LogP contribution in [-0.4, -0.2) is 52.4 Å². The van der Waals surface area contributed by atoms with Gasteiger partial charge in [-0.2, -0.15) is 5.26 Å². The van der Waals surface area contributed by atoms with Crippen molar-refractivity contribution in [1.82, 2.24) is 14.8 Å². The van der Waals surface area contributed by atoms with Gasteiger partial charge in [0.2, 0.25) is 5.91 Å². The molecule has 0 unspecified atom stereocenters. The third-order valence-electron chi connectivity index (χ3n) is 6.35. The van der Waals surface area contributed by atoms with E-state index in [1.807, 2.05) is 0 Å². The van der Waals surface area contributed by atoms with Crippen LogP contribution in [0.15, 0.2) is 48.7 Å². The number of nitrogens with zero attached hydrogens (tertiary/aromatic N) is 4. The van der Waals surface area contributed by atoms with E-state index in [4.69, 9.17) is 5.26 Å². The van der Waals surface area contributed by atoms with Crippen LogP contribution in [0.25, 0.3) is 0 Å². The molecular formula is C24H29N5O. The Morgan fingerprint density at radius 3 is 2.57 bits per heavy atom. The lowest BCUT2D eigenvalue weighted by Gasteiger charge is -2.40. The summed E-state index contributed by atoms with van der Waals surface area (Å²) in [5, 5.41) is 11.9. The van der Waals surface area contributed by atoms with Crippen molar-refractivity contribution in [3.05, 3.63) is 59.8 Å². The maximum atomic E-state index is 12.3. The third-order valence-corrected chi connectivity index (χ3v) is 6.35. The number of hydrogen-bond acceptors (Lipinski definition) is 5. The van der Waals surface area contributed by atoms with Crippen molar-refractivity contribution in [2.45, 2.75) is 44.2 Å². The molecule has 2 fully saturated rings. The van der Waals surface area contributed by atoms with Gasteiger partial charge >= 0.3 is 0 Å². The van der Waals surface area contributed by atoms with E-state index < -0.39 is 0 Å². The van der Waals surface area contributed by atoms with Gasteiger partial charge in [0.1, 0.15) is 11.9 Å². The van der Waals surface area contributed by atoms with E-state index in [0.717, 1.165) is 45.6 Å². The minimum Gasteiger partial charge on any atom is -0.310 e. The SMILES string of the molecule is N#Cc1cccnc1NC(=O)CCCC1(N2CCN(Cc3ccccc3)CC2)CC1. The van der Waals surface area contributed by atoms with E-state index in [0.29, 0.717) is 23.3 Å². The zero-order chi connectivity index (χ0) is 20.8. The fourth-order valence-electron chi connectivity index (χ4n) is 4.46. The summed E-state index contributed by atoms with van der Waals surface area (Å²) in [5.74, 6) is 0.300. The number of carbonyl (C=O) groups is 1. The Balaban J connectivity index is 1.20. The van der Waals surface area contributed by atoms with E-state index in [-0.39, 0.29) is 5.91 Å². The normalized spacial score (nSPS) is 18.5. The number of amides is 1. The molecule has 156 valence electrons. The number of aromatic nitrogens is 1. The van der Waals surface area contributed by atoms with Gasteiger partial charge in [-0.25, -0.2) is 4.98 Å². The Morgan fingerprint density at radius 1 is 1.10 bits per heavy atom. The number of rotatable bonds is 8. The maximum Gasteiger partial charge on any atom is 0.225 e. The van der Waals surface area contributed by atoms with Crippen molar-refractivity contribution in [1.29, 1.82) is 5.26 Å². The quantitative estimate of drug-likeness (QED) is 0.731. The molecule has 0 atom stereocenters. The lowest BCUT2D eigenvalue weighted by Crippen LogP contribution is -2.51. The highest BCUT2D eigenvalue weighted by atomic mass is 16.1. The molecule has 6 nitrogen and oxygen atoms in total. The molecule has 6 heteroatoms. The highest BCUT2D eigenvalue weighted by Gasteiger charge is 2.47. The number of benzene rings is 1. The first-order chi connectivity index (χ1) is 14.7. The second kappa shape index (κ2) is 9.38.